The number of hydrogen-bond donors (Lipinski definition) is 2. The summed E-state index contributed by atoms with van der Waals surface area (Å²) in [6.45, 7) is 9.22. The van der Waals surface area contributed by atoms with Crippen molar-refractivity contribution in [2.24, 2.45) is 11.3 Å². The zero-order valence-electron chi connectivity index (χ0n) is 11.4. The highest BCUT2D eigenvalue weighted by molar-refractivity contribution is 4.78. The third kappa shape index (κ3) is 4.84. The molecule has 0 aliphatic heterocycles. The Kier molecular flexibility index (Phi) is 5.26. The third-order valence-electron chi connectivity index (χ3n) is 3.82. The van der Waals surface area contributed by atoms with Gasteiger partial charge in [-0.1, -0.05) is 46.5 Å². The van der Waals surface area contributed by atoms with Gasteiger partial charge in [-0.15, -0.1) is 0 Å². The standard InChI is InChI=1S/C14H29NO/c1-11(9-12-7-5-6-8-12)15-10-13(16)14(2,3)4/h11-13,15-16H,5-10H2,1-4H3. The van der Waals surface area contributed by atoms with Gasteiger partial charge < -0.3 is 10.4 Å². The molecule has 1 aliphatic carbocycles. The Morgan fingerprint density at radius 2 is 1.81 bits per heavy atom. The summed E-state index contributed by atoms with van der Waals surface area (Å²) in [4.78, 5) is 0. The Bertz CT molecular complexity index is 191. The first-order valence-electron chi connectivity index (χ1n) is 6.81. The summed E-state index contributed by atoms with van der Waals surface area (Å²) in [5, 5.41) is 13.4. The van der Waals surface area contributed by atoms with Crippen LogP contribution in [0.5, 0.6) is 0 Å². The Morgan fingerprint density at radius 1 is 1.25 bits per heavy atom. The van der Waals surface area contributed by atoms with Crippen molar-refractivity contribution in [3.63, 3.8) is 0 Å². The summed E-state index contributed by atoms with van der Waals surface area (Å²) in [5.74, 6) is 0.925. The van der Waals surface area contributed by atoms with Crippen molar-refractivity contribution in [3.8, 4) is 0 Å². The summed E-state index contributed by atoms with van der Waals surface area (Å²) < 4.78 is 0. The Balaban J connectivity index is 2.16. The maximum Gasteiger partial charge on any atom is 0.0712 e. The number of rotatable bonds is 5. The van der Waals surface area contributed by atoms with Gasteiger partial charge in [-0.05, 0) is 24.7 Å². The number of nitrogens with one attached hydrogen (secondary N) is 1. The van der Waals surface area contributed by atoms with Crippen molar-refractivity contribution in [3.05, 3.63) is 0 Å². The van der Waals surface area contributed by atoms with Gasteiger partial charge in [0.15, 0.2) is 0 Å². The molecular weight excluding hydrogens is 198 g/mol. The molecule has 1 saturated carbocycles. The van der Waals surface area contributed by atoms with Gasteiger partial charge in [0, 0.05) is 12.6 Å². The van der Waals surface area contributed by atoms with Crippen LogP contribution in [0.25, 0.3) is 0 Å². The molecule has 2 unspecified atom stereocenters. The highest BCUT2D eigenvalue weighted by atomic mass is 16.3. The number of aliphatic hydroxyl groups is 1. The smallest absolute Gasteiger partial charge is 0.0712 e. The second kappa shape index (κ2) is 6.02. The second-order valence-electron chi connectivity index (χ2n) is 6.58. The van der Waals surface area contributed by atoms with Gasteiger partial charge in [-0.25, -0.2) is 0 Å². The normalized spacial score (nSPS) is 22.3. The summed E-state index contributed by atoms with van der Waals surface area (Å²) in [5.41, 5.74) is -0.0138. The van der Waals surface area contributed by atoms with E-state index in [-0.39, 0.29) is 11.5 Å². The van der Waals surface area contributed by atoms with Crippen molar-refractivity contribution < 1.29 is 5.11 Å². The van der Waals surface area contributed by atoms with Crippen LogP contribution in [0.4, 0.5) is 0 Å². The topological polar surface area (TPSA) is 32.3 Å². The van der Waals surface area contributed by atoms with Crippen LogP contribution < -0.4 is 5.32 Å². The van der Waals surface area contributed by atoms with Crippen LogP contribution in [0, 0.1) is 11.3 Å². The molecule has 0 bridgehead atoms. The molecule has 0 saturated heterocycles. The van der Waals surface area contributed by atoms with E-state index in [2.05, 4.69) is 33.0 Å². The molecule has 0 aromatic carbocycles. The van der Waals surface area contributed by atoms with Crippen LogP contribution in [0.3, 0.4) is 0 Å². The van der Waals surface area contributed by atoms with Crippen LogP contribution >= 0.6 is 0 Å². The molecule has 0 spiro atoms. The molecule has 2 nitrogen and oxygen atoms in total. The van der Waals surface area contributed by atoms with Gasteiger partial charge in [-0.2, -0.15) is 0 Å². The summed E-state index contributed by atoms with van der Waals surface area (Å²) in [6, 6.07) is 0.542. The average Bonchev–Trinajstić information content (AvgIpc) is 2.65. The maximum absolute atomic E-state index is 9.93. The van der Waals surface area contributed by atoms with E-state index in [1.165, 1.54) is 32.1 Å². The van der Waals surface area contributed by atoms with E-state index in [0.29, 0.717) is 6.04 Å². The summed E-state index contributed by atoms with van der Waals surface area (Å²) in [7, 11) is 0. The molecule has 1 rings (SSSR count). The van der Waals surface area contributed by atoms with Crippen molar-refractivity contribution >= 4 is 0 Å². The molecule has 0 radical (unpaired) electrons. The van der Waals surface area contributed by atoms with Gasteiger partial charge in [0.2, 0.25) is 0 Å². The lowest BCUT2D eigenvalue weighted by Crippen LogP contribution is -2.40. The first-order chi connectivity index (χ1) is 7.39. The maximum atomic E-state index is 9.93. The SMILES string of the molecule is CC(CC1CCCC1)NCC(O)C(C)(C)C. The summed E-state index contributed by atoms with van der Waals surface area (Å²) in [6.07, 6.45) is 6.68. The predicted molar refractivity (Wildman–Crippen MR) is 69.5 cm³/mol. The first kappa shape index (κ1) is 14.0. The third-order valence-corrected chi connectivity index (χ3v) is 3.82. The van der Waals surface area contributed by atoms with E-state index in [0.717, 1.165) is 12.5 Å². The van der Waals surface area contributed by atoms with Crippen molar-refractivity contribution in [2.75, 3.05) is 6.54 Å². The predicted octanol–water partition coefficient (Wildman–Crippen LogP) is 2.95. The number of aliphatic hydroxyl groups excluding tert-OH is 1. The molecule has 0 amide bonds. The fraction of sp³-hybridized carbons (Fsp3) is 1.00. The van der Waals surface area contributed by atoms with E-state index in [1.54, 1.807) is 0 Å². The van der Waals surface area contributed by atoms with Crippen molar-refractivity contribution in [2.45, 2.75) is 71.9 Å². The first-order valence-corrected chi connectivity index (χ1v) is 6.81. The van der Waals surface area contributed by atoms with Crippen LogP contribution in [-0.4, -0.2) is 23.8 Å². The zero-order chi connectivity index (χ0) is 12.2. The van der Waals surface area contributed by atoms with Crippen LogP contribution in [-0.2, 0) is 0 Å². The van der Waals surface area contributed by atoms with Gasteiger partial charge in [0.1, 0.15) is 0 Å². The molecule has 96 valence electrons. The summed E-state index contributed by atoms with van der Waals surface area (Å²) >= 11 is 0. The number of hydrogen-bond acceptors (Lipinski definition) is 2. The van der Waals surface area contributed by atoms with E-state index in [4.69, 9.17) is 0 Å². The zero-order valence-corrected chi connectivity index (χ0v) is 11.4. The van der Waals surface area contributed by atoms with Crippen LogP contribution in [0.1, 0.15) is 59.8 Å². The van der Waals surface area contributed by atoms with Crippen molar-refractivity contribution in [1.29, 1.82) is 0 Å². The molecule has 2 heteroatoms. The quantitative estimate of drug-likeness (QED) is 0.757. The minimum Gasteiger partial charge on any atom is -0.391 e. The minimum atomic E-state index is -0.251. The molecule has 1 aliphatic rings. The molecule has 2 atom stereocenters. The van der Waals surface area contributed by atoms with Gasteiger partial charge in [0.25, 0.3) is 0 Å². The molecule has 1 fully saturated rings. The Morgan fingerprint density at radius 3 is 2.31 bits per heavy atom. The highest BCUT2D eigenvalue weighted by Crippen LogP contribution is 2.28. The average molecular weight is 227 g/mol. The monoisotopic (exact) mass is 227 g/mol. The van der Waals surface area contributed by atoms with Crippen molar-refractivity contribution in [1.82, 2.24) is 5.32 Å². The molecule has 0 aromatic heterocycles. The van der Waals surface area contributed by atoms with Crippen LogP contribution in [0.15, 0.2) is 0 Å². The van der Waals surface area contributed by atoms with Crippen LogP contribution in [0.2, 0.25) is 0 Å². The van der Waals surface area contributed by atoms with Gasteiger partial charge in [0.05, 0.1) is 6.10 Å². The fourth-order valence-corrected chi connectivity index (χ4v) is 2.45. The molecule has 0 aromatic rings. The Labute approximate surface area is 101 Å². The lowest BCUT2D eigenvalue weighted by atomic mass is 9.89. The lowest BCUT2D eigenvalue weighted by molar-refractivity contribution is 0.0602. The van der Waals surface area contributed by atoms with Gasteiger partial charge in [-0.3, -0.25) is 0 Å². The second-order valence-corrected chi connectivity index (χ2v) is 6.58. The van der Waals surface area contributed by atoms with E-state index in [1.807, 2.05) is 0 Å². The van der Waals surface area contributed by atoms with Gasteiger partial charge >= 0.3 is 0 Å². The largest absolute Gasteiger partial charge is 0.391 e. The van der Waals surface area contributed by atoms with E-state index < -0.39 is 0 Å². The lowest BCUT2D eigenvalue weighted by Gasteiger charge is -2.28. The highest BCUT2D eigenvalue weighted by Gasteiger charge is 2.23. The minimum absolute atomic E-state index is 0.0138. The molecule has 2 N–H and O–H groups in total. The van der Waals surface area contributed by atoms with E-state index >= 15 is 0 Å². The Hall–Kier alpha value is -0.0800. The fourth-order valence-electron chi connectivity index (χ4n) is 2.45. The molecular formula is C14H29NO. The molecule has 16 heavy (non-hydrogen) atoms. The molecule has 0 heterocycles. The van der Waals surface area contributed by atoms with E-state index in [9.17, 15) is 5.11 Å².